The molecule has 0 saturated carbocycles. The molecular formula is C20H23NS. The van der Waals surface area contributed by atoms with Crippen molar-refractivity contribution in [3.05, 3.63) is 65.7 Å². The van der Waals surface area contributed by atoms with Crippen molar-refractivity contribution in [3.8, 4) is 0 Å². The number of hydrogen-bond donors (Lipinski definition) is 0. The zero-order valence-corrected chi connectivity index (χ0v) is 14.4. The quantitative estimate of drug-likeness (QED) is 0.635. The maximum Gasteiger partial charge on any atom is 0.0883 e. The Labute approximate surface area is 139 Å². The molecule has 1 aliphatic heterocycles. The number of benzene rings is 2. The highest BCUT2D eigenvalue weighted by Crippen LogP contribution is 2.41. The Bertz CT molecular complexity index is 670. The maximum atomic E-state index is 5.89. The molecule has 114 valence electrons. The first kappa shape index (κ1) is 15.2. The number of para-hydroxylation sites is 1. The van der Waals surface area contributed by atoms with Gasteiger partial charge in [0.15, 0.2) is 0 Å². The van der Waals surface area contributed by atoms with E-state index in [4.69, 9.17) is 12.2 Å². The smallest absolute Gasteiger partial charge is 0.0883 e. The molecule has 2 aromatic carbocycles. The zero-order valence-electron chi connectivity index (χ0n) is 13.5. The number of nitrogens with zero attached hydrogens (tertiary/aromatic N) is 1. The fraction of sp³-hybridized carbons (Fsp3) is 0.350. The van der Waals surface area contributed by atoms with Crippen LogP contribution in [0.1, 0.15) is 44.4 Å². The van der Waals surface area contributed by atoms with Crippen LogP contribution in [0.5, 0.6) is 0 Å². The van der Waals surface area contributed by atoms with E-state index in [0.717, 1.165) is 17.8 Å². The van der Waals surface area contributed by atoms with Crippen LogP contribution in [-0.4, -0.2) is 4.99 Å². The lowest BCUT2D eigenvalue weighted by atomic mass is 9.87. The van der Waals surface area contributed by atoms with Crippen LogP contribution in [0.25, 0.3) is 0 Å². The molecule has 1 atom stereocenters. The van der Waals surface area contributed by atoms with Gasteiger partial charge in [-0.05, 0) is 30.0 Å². The van der Waals surface area contributed by atoms with E-state index in [2.05, 4.69) is 80.3 Å². The molecule has 0 amide bonds. The topological polar surface area (TPSA) is 3.24 Å². The third kappa shape index (κ3) is 2.80. The summed E-state index contributed by atoms with van der Waals surface area (Å²) in [5, 5.41) is 0. The molecular weight excluding hydrogens is 286 g/mol. The number of anilines is 1. The summed E-state index contributed by atoms with van der Waals surface area (Å²) in [6.45, 7) is 6.61. The van der Waals surface area contributed by atoms with Crippen LogP contribution in [0.4, 0.5) is 5.69 Å². The lowest BCUT2D eigenvalue weighted by molar-refractivity contribution is 0.548. The molecule has 0 fully saturated rings. The van der Waals surface area contributed by atoms with E-state index in [1.165, 1.54) is 16.8 Å². The molecule has 0 spiro atoms. The number of rotatable bonds is 1. The van der Waals surface area contributed by atoms with Crippen molar-refractivity contribution >= 4 is 22.9 Å². The van der Waals surface area contributed by atoms with E-state index < -0.39 is 0 Å². The van der Waals surface area contributed by atoms with Crippen molar-refractivity contribution in [1.82, 2.24) is 0 Å². The van der Waals surface area contributed by atoms with Crippen LogP contribution in [0.3, 0.4) is 0 Å². The second kappa shape index (κ2) is 5.85. The predicted octanol–water partition coefficient (Wildman–Crippen LogP) is 5.55. The molecule has 0 saturated heterocycles. The highest BCUT2D eigenvalue weighted by Gasteiger charge is 2.34. The van der Waals surface area contributed by atoms with Crippen molar-refractivity contribution in [2.24, 2.45) is 5.41 Å². The molecule has 3 rings (SSSR count). The van der Waals surface area contributed by atoms with Gasteiger partial charge in [0.2, 0.25) is 0 Å². The van der Waals surface area contributed by atoms with Crippen LogP contribution < -0.4 is 4.90 Å². The molecule has 0 unspecified atom stereocenters. The van der Waals surface area contributed by atoms with Crippen molar-refractivity contribution in [2.45, 2.75) is 39.7 Å². The van der Waals surface area contributed by atoms with Crippen molar-refractivity contribution in [2.75, 3.05) is 4.90 Å². The van der Waals surface area contributed by atoms with Crippen molar-refractivity contribution in [3.63, 3.8) is 0 Å². The average Bonchev–Trinajstić information content (AvgIpc) is 2.53. The number of hydrogen-bond acceptors (Lipinski definition) is 1. The normalized spacial score (nSPS) is 18.0. The van der Waals surface area contributed by atoms with Gasteiger partial charge in [0.05, 0.1) is 11.0 Å². The monoisotopic (exact) mass is 309 g/mol. The van der Waals surface area contributed by atoms with E-state index >= 15 is 0 Å². The summed E-state index contributed by atoms with van der Waals surface area (Å²) in [4.78, 5) is 3.41. The molecule has 0 bridgehead atoms. The summed E-state index contributed by atoms with van der Waals surface area (Å²) in [5.74, 6) is 0. The molecule has 22 heavy (non-hydrogen) atoms. The Kier molecular flexibility index (Phi) is 4.05. The third-order valence-electron chi connectivity index (χ3n) is 4.29. The summed E-state index contributed by atoms with van der Waals surface area (Å²) >= 11 is 5.89. The molecule has 1 aliphatic rings. The van der Waals surface area contributed by atoms with Gasteiger partial charge in [-0.25, -0.2) is 0 Å². The van der Waals surface area contributed by atoms with Gasteiger partial charge in [0, 0.05) is 11.1 Å². The molecule has 2 aromatic rings. The third-order valence-corrected chi connectivity index (χ3v) is 5.10. The molecule has 1 heterocycles. The predicted molar refractivity (Wildman–Crippen MR) is 98.5 cm³/mol. The second-order valence-corrected chi connectivity index (χ2v) is 7.41. The minimum Gasteiger partial charge on any atom is -0.328 e. The Morgan fingerprint density at radius 1 is 1.00 bits per heavy atom. The Balaban J connectivity index is 2.10. The average molecular weight is 309 g/mol. The zero-order chi connectivity index (χ0) is 15.7. The number of thiocarbonyl (C=S) groups is 1. The van der Waals surface area contributed by atoms with Gasteiger partial charge >= 0.3 is 0 Å². The van der Waals surface area contributed by atoms with Gasteiger partial charge in [0.25, 0.3) is 0 Å². The van der Waals surface area contributed by atoms with Gasteiger partial charge in [-0.1, -0.05) is 81.5 Å². The molecule has 0 radical (unpaired) electrons. The van der Waals surface area contributed by atoms with Gasteiger partial charge in [-0.15, -0.1) is 0 Å². The van der Waals surface area contributed by atoms with Crippen LogP contribution >= 0.6 is 12.2 Å². The molecule has 2 heteroatoms. The minimum atomic E-state index is -0.0210. The van der Waals surface area contributed by atoms with Crippen molar-refractivity contribution < 1.29 is 0 Å². The van der Waals surface area contributed by atoms with Gasteiger partial charge in [-0.3, -0.25) is 0 Å². The SMILES string of the molecule is CC(C)(C)C(=S)N1c2ccccc2CC[C@@H]1c1ccccc1. The lowest BCUT2D eigenvalue weighted by Gasteiger charge is -2.43. The van der Waals surface area contributed by atoms with Crippen LogP contribution in [-0.2, 0) is 6.42 Å². The number of aryl methyl sites for hydroxylation is 1. The first-order valence-electron chi connectivity index (χ1n) is 7.95. The highest BCUT2D eigenvalue weighted by molar-refractivity contribution is 7.80. The van der Waals surface area contributed by atoms with E-state index in [-0.39, 0.29) is 5.41 Å². The highest BCUT2D eigenvalue weighted by atomic mass is 32.1. The van der Waals surface area contributed by atoms with Crippen LogP contribution in [0.15, 0.2) is 54.6 Å². The standard InChI is InChI=1S/C20H23NS/c1-20(2,3)19(22)21-17-12-8-7-11-16(17)13-14-18(21)15-9-5-4-6-10-15/h4-12,18H,13-14H2,1-3H3/t18-/m1/s1. The Hall–Kier alpha value is -1.67. The fourth-order valence-electron chi connectivity index (χ4n) is 3.15. The first-order chi connectivity index (χ1) is 10.5. The fourth-order valence-corrected chi connectivity index (χ4v) is 3.38. The summed E-state index contributed by atoms with van der Waals surface area (Å²) in [6, 6.07) is 19.8. The van der Waals surface area contributed by atoms with Gasteiger partial charge < -0.3 is 4.90 Å². The van der Waals surface area contributed by atoms with Gasteiger partial charge in [0.1, 0.15) is 0 Å². The summed E-state index contributed by atoms with van der Waals surface area (Å²) in [7, 11) is 0. The molecule has 0 N–H and O–H groups in total. The Morgan fingerprint density at radius 3 is 2.32 bits per heavy atom. The number of fused-ring (bicyclic) bond motifs is 1. The summed E-state index contributed by atoms with van der Waals surface area (Å²) in [6.07, 6.45) is 2.22. The molecule has 0 aromatic heterocycles. The second-order valence-electron chi connectivity index (χ2n) is 7.02. The van der Waals surface area contributed by atoms with E-state index in [0.29, 0.717) is 6.04 Å². The van der Waals surface area contributed by atoms with Crippen LogP contribution in [0.2, 0.25) is 0 Å². The van der Waals surface area contributed by atoms with E-state index in [9.17, 15) is 0 Å². The Morgan fingerprint density at radius 2 is 1.64 bits per heavy atom. The minimum absolute atomic E-state index is 0.0210. The molecule has 1 nitrogen and oxygen atoms in total. The van der Waals surface area contributed by atoms with E-state index in [1.54, 1.807) is 0 Å². The van der Waals surface area contributed by atoms with E-state index in [1.807, 2.05) is 0 Å². The maximum absolute atomic E-state index is 5.89. The first-order valence-corrected chi connectivity index (χ1v) is 8.36. The molecule has 0 aliphatic carbocycles. The summed E-state index contributed by atoms with van der Waals surface area (Å²) < 4.78 is 0. The van der Waals surface area contributed by atoms with Gasteiger partial charge in [-0.2, -0.15) is 0 Å². The largest absolute Gasteiger partial charge is 0.328 e. The van der Waals surface area contributed by atoms with Crippen LogP contribution in [0, 0.1) is 5.41 Å². The summed E-state index contributed by atoms with van der Waals surface area (Å²) in [5.41, 5.74) is 4.01. The lowest BCUT2D eigenvalue weighted by Crippen LogP contribution is -2.43. The van der Waals surface area contributed by atoms with Crippen molar-refractivity contribution in [1.29, 1.82) is 0 Å².